The smallest absolute Gasteiger partial charge is 0.287 e. The maximum atomic E-state index is 13.3. The molecule has 1 amide bonds. The molecule has 178 valence electrons. The number of rotatable bonds is 8. The number of nitriles is 1. The van der Waals surface area contributed by atoms with E-state index in [2.05, 4.69) is 15.3 Å². The van der Waals surface area contributed by atoms with E-state index in [0.717, 1.165) is 0 Å². The number of amides is 1. The number of aromatic nitrogens is 2. The Morgan fingerprint density at radius 3 is 2.91 bits per heavy atom. The van der Waals surface area contributed by atoms with Crippen molar-refractivity contribution in [2.75, 3.05) is 19.8 Å². The highest BCUT2D eigenvalue weighted by Gasteiger charge is 2.22. The molecule has 0 aliphatic carbocycles. The molecule has 0 spiro atoms. The standard InChI is InChI=1S/C22H20ClFN4O5S/c23-16-5-12(1-2-17(16)24)6-26-21(30)19-27-20(29)18-13(11-34-22(18)28-19)7-31-8-15-10-32-14(3-4-25)9-33-15/h1-2,5,11,14-15H,3,6-10H2,(H,26,30)(H,27,28,29). The molecule has 1 aliphatic heterocycles. The van der Waals surface area contributed by atoms with E-state index in [1.54, 1.807) is 5.38 Å². The second-order valence-electron chi connectivity index (χ2n) is 7.57. The van der Waals surface area contributed by atoms with E-state index in [1.807, 2.05) is 6.07 Å². The fraction of sp³-hybridized carbons (Fsp3) is 0.364. The Hall–Kier alpha value is -2.88. The third kappa shape index (κ3) is 5.78. The molecule has 1 saturated heterocycles. The molecule has 1 aromatic carbocycles. The zero-order valence-corrected chi connectivity index (χ0v) is 19.4. The SMILES string of the molecule is N#CCC1COC(COCc2csc3nc(C(=O)NCc4ccc(F)c(Cl)c4)[nH]c(=O)c23)CO1. The average Bonchev–Trinajstić information content (AvgIpc) is 3.24. The highest BCUT2D eigenvalue weighted by Crippen LogP contribution is 2.22. The van der Waals surface area contributed by atoms with Crippen LogP contribution in [0.3, 0.4) is 0 Å². The van der Waals surface area contributed by atoms with Gasteiger partial charge in [0.25, 0.3) is 11.5 Å². The topological polar surface area (TPSA) is 126 Å². The van der Waals surface area contributed by atoms with Gasteiger partial charge in [-0.15, -0.1) is 11.3 Å². The summed E-state index contributed by atoms with van der Waals surface area (Å²) in [6, 6.07) is 6.18. The van der Waals surface area contributed by atoms with Crippen LogP contribution in [0.5, 0.6) is 0 Å². The normalized spacial score (nSPS) is 18.0. The number of aromatic amines is 1. The Morgan fingerprint density at radius 1 is 1.38 bits per heavy atom. The summed E-state index contributed by atoms with van der Waals surface area (Å²) in [5, 5.41) is 13.4. The highest BCUT2D eigenvalue weighted by molar-refractivity contribution is 7.16. The summed E-state index contributed by atoms with van der Waals surface area (Å²) in [7, 11) is 0. The molecule has 2 unspecified atom stereocenters. The summed E-state index contributed by atoms with van der Waals surface area (Å²) in [6.07, 6.45) is -0.181. The van der Waals surface area contributed by atoms with Crippen LogP contribution in [0.25, 0.3) is 10.2 Å². The van der Waals surface area contributed by atoms with Gasteiger partial charge in [-0.1, -0.05) is 17.7 Å². The van der Waals surface area contributed by atoms with Crippen LogP contribution in [0.4, 0.5) is 4.39 Å². The zero-order valence-electron chi connectivity index (χ0n) is 17.8. The zero-order chi connectivity index (χ0) is 24.1. The van der Waals surface area contributed by atoms with Crippen molar-refractivity contribution >= 4 is 39.1 Å². The molecule has 3 heterocycles. The molecule has 9 nitrogen and oxygen atoms in total. The number of carbonyl (C=O) groups excluding carboxylic acids is 1. The summed E-state index contributed by atoms with van der Waals surface area (Å²) in [6.45, 7) is 1.21. The fourth-order valence-corrected chi connectivity index (χ4v) is 4.46. The minimum atomic E-state index is -0.574. The number of nitrogens with one attached hydrogen (secondary N) is 2. The minimum Gasteiger partial charge on any atom is -0.374 e. The number of ether oxygens (including phenoxy) is 3. The fourth-order valence-electron chi connectivity index (χ4n) is 3.34. The largest absolute Gasteiger partial charge is 0.374 e. The van der Waals surface area contributed by atoms with Crippen LogP contribution in [0.15, 0.2) is 28.4 Å². The van der Waals surface area contributed by atoms with Crippen molar-refractivity contribution < 1.29 is 23.4 Å². The summed E-state index contributed by atoms with van der Waals surface area (Å²) >= 11 is 6.98. The summed E-state index contributed by atoms with van der Waals surface area (Å²) in [5.41, 5.74) is 0.809. The van der Waals surface area contributed by atoms with Crippen LogP contribution in [0, 0.1) is 17.1 Å². The number of thiophene rings is 1. The van der Waals surface area contributed by atoms with E-state index in [9.17, 15) is 14.0 Å². The van der Waals surface area contributed by atoms with E-state index in [4.69, 9.17) is 31.1 Å². The molecule has 34 heavy (non-hydrogen) atoms. The molecule has 2 aromatic heterocycles. The van der Waals surface area contributed by atoms with Gasteiger partial charge < -0.3 is 24.5 Å². The molecule has 0 saturated carbocycles. The second kappa shape index (κ2) is 11.0. The van der Waals surface area contributed by atoms with Gasteiger partial charge in [0.1, 0.15) is 16.8 Å². The summed E-state index contributed by atoms with van der Waals surface area (Å²) in [5.74, 6) is -1.25. The van der Waals surface area contributed by atoms with Crippen LogP contribution >= 0.6 is 22.9 Å². The predicted molar refractivity (Wildman–Crippen MR) is 122 cm³/mol. The Bertz CT molecular complexity index is 1280. The van der Waals surface area contributed by atoms with Gasteiger partial charge in [0, 0.05) is 12.1 Å². The maximum Gasteiger partial charge on any atom is 0.287 e. The van der Waals surface area contributed by atoms with Gasteiger partial charge in [-0.3, -0.25) is 9.59 Å². The molecule has 0 radical (unpaired) electrons. The monoisotopic (exact) mass is 506 g/mol. The van der Waals surface area contributed by atoms with Crippen molar-refractivity contribution in [3.8, 4) is 6.07 Å². The molecule has 2 atom stereocenters. The Morgan fingerprint density at radius 2 is 2.18 bits per heavy atom. The first-order chi connectivity index (χ1) is 16.4. The summed E-state index contributed by atoms with van der Waals surface area (Å²) in [4.78, 5) is 32.3. The van der Waals surface area contributed by atoms with Crippen LogP contribution in [-0.2, 0) is 27.4 Å². The van der Waals surface area contributed by atoms with Crippen molar-refractivity contribution in [2.45, 2.75) is 31.8 Å². The first-order valence-corrected chi connectivity index (χ1v) is 11.6. The number of carbonyl (C=O) groups is 1. The van der Waals surface area contributed by atoms with Gasteiger partial charge in [0.15, 0.2) is 0 Å². The van der Waals surface area contributed by atoms with Crippen LogP contribution in [-0.4, -0.2) is 47.9 Å². The van der Waals surface area contributed by atoms with Crippen LogP contribution < -0.4 is 10.9 Å². The number of nitrogens with zero attached hydrogens (tertiary/aromatic N) is 2. The minimum absolute atomic E-state index is 0.0428. The molecule has 0 bridgehead atoms. The van der Waals surface area contributed by atoms with Gasteiger partial charge >= 0.3 is 0 Å². The number of hydrogen-bond donors (Lipinski definition) is 2. The predicted octanol–water partition coefficient (Wildman–Crippen LogP) is 2.92. The third-order valence-electron chi connectivity index (χ3n) is 5.09. The van der Waals surface area contributed by atoms with Crippen molar-refractivity contribution in [3.63, 3.8) is 0 Å². The lowest BCUT2D eigenvalue weighted by Crippen LogP contribution is -2.38. The first kappa shape index (κ1) is 24.3. The lowest BCUT2D eigenvalue weighted by molar-refractivity contribution is -0.151. The summed E-state index contributed by atoms with van der Waals surface area (Å²) < 4.78 is 30.2. The van der Waals surface area contributed by atoms with Gasteiger partial charge in [0.2, 0.25) is 5.82 Å². The van der Waals surface area contributed by atoms with Gasteiger partial charge in [-0.25, -0.2) is 9.37 Å². The van der Waals surface area contributed by atoms with Crippen molar-refractivity contribution in [2.24, 2.45) is 0 Å². The lowest BCUT2D eigenvalue weighted by atomic mass is 10.2. The number of fused-ring (bicyclic) bond motifs is 1. The van der Waals surface area contributed by atoms with Crippen LogP contribution in [0.2, 0.25) is 5.02 Å². The van der Waals surface area contributed by atoms with Gasteiger partial charge in [0.05, 0.1) is 55.4 Å². The third-order valence-corrected chi connectivity index (χ3v) is 6.30. The number of halogens is 2. The quantitative estimate of drug-likeness (QED) is 0.481. The van der Waals surface area contributed by atoms with E-state index < -0.39 is 17.3 Å². The lowest BCUT2D eigenvalue weighted by Gasteiger charge is -2.28. The van der Waals surface area contributed by atoms with Crippen LogP contribution in [0.1, 0.15) is 28.2 Å². The van der Waals surface area contributed by atoms with Gasteiger partial charge in [-0.05, 0) is 23.1 Å². The van der Waals surface area contributed by atoms with E-state index >= 15 is 0 Å². The number of H-pyrrole nitrogens is 1. The van der Waals surface area contributed by atoms with Crippen molar-refractivity contribution in [1.82, 2.24) is 15.3 Å². The van der Waals surface area contributed by atoms with Crippen molar-refractivity contribution in [1.29, 1.82) is 5.26 Å². The number of hydrogen-bond acceptors (Lipinski definition) is 8. The molecular formula is C22H20ClFN4O5S. The maximum absolute atomic E-state index is 13.3. The van der Waals surface area contributed by atoms with Gasteiger partial charge in [-0.2, -0.15) is 5.26 Å². The molecule has 4 rings (SSSR count). The molecule has 2 N–H and O–H groups in total. The average molecular weight is 507 g/mol. The van der Waals surface area contributed by atoms with Crippen molar-refractivity contribution in [3.05, 3.63) is 61.7 Å². The first-order valence-electron chi connectivity index (χ1n) is 10.3. The second-order valence-corrected chi connectivity index (χ2v) is 8.84. The van der Waals surface area contributed by atoms with E-state index in [-0.39, 0.29) is 49.2 Å². The molecular weight excluding hydrogens is 487 g/mol. The molecule has 1 aliphatic rings. The van der Waals surface area contributed by atoms with E-state index in [1.165, 1.54) is 29.5 Å². The highest BCUT2D eigenvalue weighted by atomic mass is 35.5. The van der Waals surface area contributed by atoms with E-state index in [0.29, 0.717) is 34.6 Å². The Kier molecular flexibility index (Phi) is 7.87. The Balaban J connectivity index is 1.34. The number of benzene rings is 1. The molecule has 3 aromatic rings. The molecule has 1 fully saturated rings. The molecule has 12 heteroatoms. The Labute approximate surface area is 202 Å².